The highest BCUT2D eigenvalue weighted by Crippen LogP contribution is 2.40. The molecule has 0 aromatic carbocycles. The number of rotatable bonds is 5. The van der Waals surface area contributed by atoms with Crippen molar-refractivity contribution in [2.75, 3.05) is 39.3 Å². The summed E-state index contributed by atoms with van der Waals surface area (Å²) >= 11 is 1.44. The van der Waals surface area contributed by atoms with Gasteiger partial charge in [-0.15, -0.1) is 5.10 Å². The van der Waals surface area contributed by atoms with Gasteiger partial charge in [-0.25, -0.2) is 4.98 Å². The third kappa shape index (κ3) is 3.04. The van der Waals surface area contributed by atoms with Crippen LogP contribution in [0.3, 0.4) is 0 Å². The Balaban J connectivity index is 1.67. The molecule has 0 amide bonds. The van der Waals surface area contributed by atoms with Crippen LogP contribution in [-0.4, -0.2) is 73.9 Å². The lowest BCUT2D eigenvalue weighted by Crippen LogP contribution is -2.48. The van der Waals surface area contributed by atoms with E-state index in [-0.39, 0.29) is 18.5 Å². The Hall–Kier alpha value is -1.94. The fraction of sp³-hybridized carbons (Fsp3) is 0.500. The third-order valence-corrected chi connectivity index (χ3v) is 5.63. The van der Waals surface area contributed by atoms with E-state index in [0.29, 0.717) is 17.3 Å². The molecule has 0 radical (unpaired) electrons. The Labute approximate surface area is 148 Å². The smallest absolute Gasteiger partial charge is 0.230 e. The minimum absolute atomic E-state index is 0.125. The molecule has 3 aromatic rings. The monoisotopic (exact) mass is 363 g/mol. The van der Waals surface area contributed by atoms with Crippen LogP contribution in [0, 0.1) is 6.92 Å². The van der Waals surface area contributed by atoms with Crippen molar-refractivity contribution in [2.45, 2.75) is 13.0 Å². The molecule has 9 heteroatoms. The van der Waals surface area contributed by atoms with E-state index in [1.807, 2.05) is 19.1 Å². The van der Waals surface area contributed by atoms with Gasteiger partial charge in [-0.05, 0) is 19.1 Å². The SMILES string of the molecule is Cc1nc2sc(C(c3ccco3)N3CCN(CCO)CC3)c(O)n2n1. The second-order valence-electron chi connectivity index (χ2n) is 6.16. The highest BCUT2D eigenvalue weighted by molar-refractivity contribution is 7.17. The lowest BCUT2D eigenvalue weighted by atomic mass is 10.1. The molecule has 1 aliphatic rings. The molecule has 2 N–H and O–H groups in total. The molecule has 1 fully saturated rings. The zero-order chi connectivity index (χ0) is 17.4. The first-order valence-corrected chi connectivity index (χ1v) is 9.14. The number of aryl methyl sites for hydroxylation is 1. The molecule has 4 heterocycles. The van der Waals surface area contributed by atoms with Crippen LogP contribution in [0.2, 0.25) is 0 Å². The van der Waals surface area contributed by atoms with Crippen LogP contribution in [0.15, 0.2) is 22.8 Å². The lowest BCUT2D eigenvalue weighted by molar-refractivity contribution is 0.0883. The number of fused-ring (bicyclic) bond motifs is 1. The van der Waals surface area contributed by atoms with E-state index < -0.39 is 0 Å². The van der Waals surface area contributed by atoms with Crippen molar-refractivity contribution in [3.8, 4) is 5.88 Å². The summed E-state index contributed by atoms with van der Waals surface area (Å²) in [5, 5.41) is 24.1. The summed E-state index contributed by atoms with van der Waals surface area (Å²) in [5.41, 5.74) is 0. The number of β-amino-alcohol motifs (C(OH)–C–C–N with tert-alkyl or cyclic N) is 1. The van der Waals surface area contributed by atoms with Gasteiger partial charge in [-0.1, -0.05) is 11.3 Å². The molecule has 3 aromatic heterocycles. The van der Waals surface area contributed by atoms with Crippen LogP contribution in [-0.2, 0) is 0 Å². The molecular weight excluding hydrogens is 342 g/mol. The van der Waals surface area contributed by atoms with Crippen LogP contribution in [0.25, 0.3) is 4.96 Å². The first-order chi connectivity index (χ1) is 12.2. The molecule has 0 bridgehead atoms. The van der Waals surface area contributed by atoms with Crippen LogP contribution < -0.4 is 0 Å². The van der Waals surface area contributed by atoms with Crippen molar-refractivity contribution in [2.24, 2.45) is 0 Å². The van der Waals surface area contributed by atoms with Gasteiger partial charge in [0, 0.05) is 32.7 Å². The number of nitrogens with zero attached hydrogens (tertiary/aromatic N) is 5. The molecule has 0 aliphatic carbocycles. The predicted octanol–water partition coefficient (Wildman–Crippen LogP) is 1.10. The summed E-state index contributed by atoms with van der Waals surface area (Å²) in [6, 6.07) is 3.63. The van der Waals surface area contributed by atoms with Gasteiger partial charge in [-0.3, -0.25) is 9.80 Å². The van der Waals surface area contributed by atoms with Crippen molar-refractivity contribution < 1.29 is 14.6 Å². The predicted molar refractivity (Wildman–Crippen MR) is 92.9 cm³/mol. The molecule has 25 heavy (non-hydrogen) atoms. The second-order valence-corrected chi connectivity index (χ2v) is 7.17. The quantitative estimate of drug-likeness (QED) is 0.701. The molecule has 1 atom stereocenters. The fourth-order valence-corrected chi connectivity index (χ4v) is 4.48. The van der Waals surface area contributed by atoms with E-state index in [1.165, 1.54) is 15.9 Å². The number of hydrogen-bond donors (Lipinski definition) is 2. The minimum atomic E-state index is -0.167. The third-order valence-electron chi connectivity index (χ3n) is 4.55. The summed E-state index contributed by atoms with van der Waals surface area (Å²) in [7, 11) is 0. The maximum Gasteiger partial charge on any atom is 0.230 e. The minimum Gasteiger partial charge on any atom is -0.492 e. The Morgan fingerprint density at radius 1 is 1.32 bits per heavy atom. The van der Waals surface area contributed by atoms with Crippen molar-refractivity contribution in [1.29, 1.82) is 0 Å². The molecule has 1 aliphatic heterocycles. The number of hydrogen-bond acceptors (Lipinski definition) is 8. The molecule has 8 nitrogen and oxygen atoms in total. The van der Waals surface area contributed by atoms with Gasteiger partial charge < -0.3 is 14.6 Å². The normalized spacial score (nSPS) is 18.2. The van der Waals surface area contributed by atoms with Crippen LogP contribution >= 0.6 is 11.3 Å². The Bertz CT molecular complexity index is 836. The maximum atomic E-state index is 10.7. The Kier molecular flexibility index (Phi) is 4.46. The molecule has 1 unspecified atom stereocenters. The number of furan rings is 1. The standard InChI is InChI=1S/C16H21N5O3S/c1-11-17-16-21(18-11)15(23)14(25-16)13(12-3-2-10-24-12)20-6-4-19(5-7-20)8-9-22/h2-3,10,13,22-23H,4-9H2,1H3. The fourth-order valence-electron chi connectivity index (χ4n) is 3.33. The van der Waals surface area contributed by atoms with Crippen molar-refractivity contribution in [3.05, 3.63) is 34.9 Å². The molecule has 0 spiro atoms. The summed E-state index contributed by atoms with van der Waals surface area (Å²) in [6.07, 6.45) is 1.66. The molecule has 0 saturated carbocycles. The van der Waals surface area contributed by atoms with E-state index in [2.05, 4.69) is 19.9 Å². The maximum absolute atomic E-state index is 10.7. The first kappa shape index (κ1) is 16.5. The number of aliphatic hydroxyl groups is 1. The largest absolute Gasteiger partial charge is 0.492 e. The lowest BCUT2D eigenvalue weighted by Gasteiger charge is -2.37. The van der Waals surface area contributed by atoms with Gasteiger partial charge in [0.05, 0.1) is 17.7 Å². The van der Waals surface area contributed by atoms with E-state index >= 15 is 0 Å². The molecule has 4 rings (SSSR count). The van der Waals surface area contributed by atoms with Crippen molar-refractivity contribution in [3.63, 3.8) is 0 Å². The summed E-state index contributed by atoms with van der Waals surface area (Å²) in [5.74, 6) is 1.56. The summed E-state index contributed by atoms with van der Waals surface area (Å²) in [6.45, 7) is 6.09. The number of aromatic nitrogens is 3. The van der Waals surface area contributed by atoms with Gasteiger partial charge >= 0.3 is 0 Å². The van der Waals surface area contributed by atoms with Crippen LogP contribution in [0.5, 0.6) is 5.88 Å². The van der Waals surface area contributed by atoms with Gasteiger partial charge in [0.1, 0.15) is 17.6 Å². The number of aromatic hydroxyl groups is 1. The van der Waals surface area contributed by atoms with E-state index in [4.69, 9.17) is 9.52 Å². The van der Waals surface area contributed by atoms with Gasteiger partial charge in [0.15, 0.2) is 0 Å². The van der Waals surface area contributed by atoms with Crippen LogP contribution in [0.4, 0.5) is 0 Å². The number of thiazole rings is 1. The Morgan fingerprint density at radius 3 is 2.76 bits per heavy atom. The number of piperazine rings is 1. The molecule has 1 saturated heterocycles. The topological polar surface area (TPSA) is 90.3 Å². The zero-order valence-corrected chi connectivity index (χ0v) is 14.8. The highest BCUT2D eigenvalue weighted by atomic mass is 32.1. The average Bonchev–Trinajstić information content (AvgIpc) is 3.30. The average molecular weight is 363 g/mol. The Morgan fingerprint density at radius 2 is 2.12 bits per heavy atom. The van der Waals surface area contributed by atoms with Crippen molar-refractivity contribution in [1.82, 2.24) is 24.4 Å². The van der Waals surface area contributed by atoms with Crippen molar-refractivity contribution >= 4 is 16.3 Å². The molecular formula is C16H21N5O3S. The van der Waals surface area contributed by atoms with E-state index in [1.54, 1.807) is 6.26 Å². The van der Waals surface area contributed by atoms with Crippen LogP contribution in [0.1, 0.15) is 22.5 Å². The van der Waals surface area contributed by atoms with E-state index in [0.717, 1.165) is 36.8 Å². The van der Waals surface area contributed by atoms with Gasteiger partial charge in [-0.2, -0.15) is 4.52 Å². The van der Waals surface area contributed by atoms with E-state index in [9.17, 15) is 5.11 Å². The molecule has 134 valence electrons. The summed E-state index contributed by atoms with van der Waals surface area (Å²) < 4.78 is 7.17. The van der Waals surface area contributed by atoms with Gasteiger partial charge in [0.2, 0.25) is 10.8 Å². The second kappa shape index (κ2) is 6.75. The van der Waals surface area contributed by atoms with Gasteiger partial charge in [0.25, 0.3) is 0 Å². The zero-order valence-electron chi connectivity index (χ0n) is 14.0. The number of aliphatic hydroxyl groups excluding tert-OH is 1. The first-order valence-electron chi connectivity index (χ1n) is 8.33. The summed E-state index contributed by atoms with van der Waals surface area (Å²) in [4.78, 5) is 10.4. The highest BCUT2D eigenvalue weighted by Gasteiger charge is 2.33.